The lowest BCUT2D eigenvalue weighted by atomic mass is 10.2. The Kier molecular flexibility index (Phi) is 3.16. The molecule has 1 aliphatic rings. The van der Waals surface area contributed by atoms with Gasteiger partial charge in [0, 0.05) is 30.9 Å². The van der Waals surface area contributed by atoms with Crippen LogP contribution in [0.25, 0.3) is 0 Å². The van der Waals surface area contributed by atoms with Crippen molar-refractivity contribution in [3.05, 3.63) is 23.6 Å². The summed E-state index contributed by atoms with van der Waals surface area (Å²) in [5.41, 5.74) is 0.688. The number of anilines is 1. The molecular formula is C11H16FN3. The number of hydrogen-bond acceptors (Lipinski definition) is 3. The largest absolute Gasteiger partial charge is 0.368 e. The van der Waals surface area contributed by atoms with E-state index in [-0.39, 0.29) is 5.82 Å². The van der Waals surface area contributed by atoms with Crippen LogP contribution in [0, 0.1) is 5.82 Å². The molecule has 0 radical (unpaired) electrons. The highest BCUT2D eigenvalue weighted by molar-refractivity contribution is 5.39. The van der Waals surface area contributed by atoms with E-state index in [0.717, 1.165) is 0 Å². The maximum atomic E-state index is 13.8. The number of pyridine rings is 1. The molecule has 1 saturated carbocycles. The minimum atomic E-state index is -0.229. The third kappa shape index (κ3) is 2.65. The Morgan fingerprint density at radius 2 is 2.33 bits per heavy atom. The predicted molar refractivity (Wildman–Crippen MR) is 58.2 cm³/mol. The third-order valence-corrected chi connectivity index (χ3v) is 2.47. The van der Waals surface area contributed by atoms with Gasteiger partial charge in [0.2, 0.25) is 0 Å². The average Bonchev–Trinajstić information content (AvgIpc) is 3.03. The second-order valence-electron chi connectivity index (χ2n) is 3.82. The molecule has 4 heteroatoms. The minimum absolute atomic E-state index is 0.229. The maximum Gasteiger partial charge on any atom is 0.169 e. The third-order valence-electron chi connectivity index (χ3n) is 2.47. The van der Waals surface area contributed by atoms with Gasteiger partial charge in [-0.2, -0.15) is 0 Å². The number of rotatable bonds is 5. The molecule has 1 fully saturated rings. The van der Waals surface area contributed by atoms with Crippen molar-refractivity contribution >= 4 is 5.82 Å². The van der Waals surface area contributed by atoms with Crippen molar-refractivity contribution in [2.75, 3.05) is 11.9 Å². The van der Waals surface area contributed by atoms with Crippen molar-refractivity contribution < 1.29 is 4.39 Å². The lowest BCUT2D eigenvalue weighted by Crippen LogP contribution is -2.17. The summed E-state index contributed by atoms with van der Waals surface area (Å²) in [5, 5.41) is 6.19. The fourth-order valence-electron chi connectivity index (χ4n) is 1.45. The summed E-state index contributed by atoms with van der Waals surface area (Å²) in [6, 6.07) is 2.33. The average molecular weight is 209 g/mol. The Morgan fingerprint density at radius 1 is 1.53 bits per heavy atom. The summed E-state index contributed by atoms with van der Waals surface area (Å²) in [5.74, 6) is 0.125. The quantitative estimate of drug-likeness (QED) is 0.777. The topological polar surface area (TPSA) is 37.0 Å². The van der Waals surface area contributed by atoms with Crippen LogP contribution in [0.1, 0.15) is 25.3 Å². The minimum Gasteiger partial charge on any atom is -0.368 e. The van der Waals surface area contributed by atoms with Crippen LogP contribution in [0.15, 0.2) is 12.3 Å². The first kappa shape index (κ1) is 10.4. The van der Waals surface area contributed by atoms with Gasteiger partial charge in [-0.25, -0.2) is 9.37 Å². The van der Waals surface area contributed by atoms with E-state index in [9.17, 15) is 4.39 Å². The lowest BCUT2D eigenvalue weighted by Gasteiger charge is -2.08. The van der Waals surface area contributed by atoms with E-state index in [2.05, 4.69) is 15.6 Å². The molecule has 1 aromatic heterocycles. The Labute approximate surface area is 89.1 Å². The van der Waals surface area contributed by atoms with Crippen LogP contribution in [0.5, 0.6) is 0 Å². The highest BCUT2D eigenvalue weighted by Gasteiger charge is 2.20. The van der Waals surface area contributed by atoms with Gasteiger partial charge in [-0.3, -0.25) is 0 Å². The number of nitrogens with one attached hydrogen (secondary N) is 2. The van der Waals surface area contributed by atoms with Gasteiger partial charge in [-0.1, -0.05) is 0 Å². The lowest BCUT2D eigenvalue weighted by molar-refractivity contribution is 0.584. The molecule has 0 saturated heterocycles. The van der Waals surface area contributed by atoms with E-state index in [0.29, 0.717) is 30.5 Å². The number of aromatic nitrogens is 1. The summed E-state index contributed by atoms with van der Waals surface area (Å²) in [6.45, 7) is 3.21. The molecule has 0 aliphatic heterocycles. The SMILES string of the molecule is CCNc1nccc(CNC2CC2)c1F. The normalized spacial score (nSPS) is 15.3. The van der Waals surface area contributed by atoms with E-state index in [4.69, 9.17) is 0 Å². The molecule has 0 spiro atoms. The van der Waals surface area contributed by atoms with E-state index >= 15 is 0 Å². The summed E-state index contributed by atoms with van der Waals surface area (Å²) in [6.07, 6.45) is 4.07. The summed E-state index contributed by atoms with van der Waals surface area (Å²) in [7, 11) is 0. The van der Waals surface area contributed by atoms with Gasteiger partial charge in [0.25, 0.3) is 0 Å². The fourth-order valence-corrected chi connectivity index (χ4v) is 1.45. The maximum absolute atomic E-state index is 13.8. The molecule has 1 aromatic rings. The molecule has 0 unspecified atom stereocenters. The summed E-state index contributed by atoms with van der Waals surface area (Å²) >= 11 is 0. The van der Waals surface area contributed by atoms with E-state index in [1.807, 2.05) is 6.92 Å². The van der Waals surface area contributed by atoms with Crippen LogP contribution < -0.4 is 10.6 Å². The van der Waals surface area contributed by atoms with Gasteiger partial charge in [0.05, 0.1) is 0 Å². The number of hydrogen-bond donors (Lipinski definition) is 2. The van der Waals surface area contributed by atoms with E-state index in [1.165, 1.54) is 12.8 Å². The van der Waals surface area contributed by atoms with Crippen LogP contribution >= 0.6 is 0 Å². The Hall–Kier alpha value is -1.16. The smallest absolute Gasteiger partial charge is 0.169 e. The van der Waals surface area contributed by atoms with Gasteiger partial charge in [-0.15, -0.1) is 0 Å². The first-order valence-corrected chi connectivity index (χ1v) is 5.42. The molecule has 82 valence electrons. The monoisotopic (exact) mass is 209 g/mol. The molecule has 0 aromatic carbocycles. The molecule has 1 heterocycles. The molecular weight excluding hydrogens is 193 g/mol. The molecule has 3 nitrogen and oxygen atoms in total. The molecule has 2 rings (SSSR count). The Balaban J connectivity index is 2.04. The van der Waals surface area contributed by atoms with Crippen molar-refractivity contribution in [2.24, 2.45) is 0 Å². The van der Waals surface area contributed by atoms with Crippen LogP contribution in [0.4, 0.5) is 10.2 Å². The summed E-state index contributed by atoms with van der Waals surface area (Å²) < 4.78 is 13.8. The predicted octanol–water partition coefficient (Wildman–Crippen LogP) is 1.90. The first-order valence-electron chi connectivity index (χ1n) is 5.42. The van der Waals surface area contributed by atoms with Crippen molar-refractivity contribution in [1.29, 1.82) is 0 Å². The molecule has 0 bridgehead atoms. The van der Waals surface area contributed by atoms with Gasteiger partial charge in [0.15, 0.2) is 11.6 Å². The van der Waals surface area contributed by atoms with Gasteiger partial charge >= 0.3 is 0 Å². The highest BCUT2D eigenvalue weighted by atomic mass is 19.1. The zero-order valence-corrected chi connectivity index (χ0v) is 8.89. The van der Waals surface area contributed by atoms with E-state index in [1.54, 1.807) is 12.3 Å². The zero-order valence-electron chi connectivity index (χ0n) is 8.89. The molecule has 15 heavy (non-hydrogen) atoms. The Morgan fingerprint density at radius 3 is 3.00 bits per heavy atom. The highest BCUT2D eigenvalue weighted by Crippen LogP contribution is 2.20. The van der Waals surface area contributed by atoms with Gasteiger partial charge in [0.1, 0.15) is 0 Å². The number of halogens is 1. The van der Waals surface area contributed by atoms with Crippen molar-refractivity contribution in [3.8, 4) is 0 Å². The fraction of sp³-hybridized carbons (Fsp3) is 0.545. The van der Waals surface area contributed by atoms with Crippen LogP contribution in [0.3, 0.4) is 0 Å². The van der Waals surface area contributed by atoms with Crippen molar-refractivity contribution in [1.82, 2.24) is 10.3 Å². The van der Waals surface area contributed by atoms with Gasteiger partial charge < -0.3 is 10.6 Å². The molecule has 0 amide bonds. The van der Waals surface area contributed by atoms with Crippen LogP contribution in [-0.2, 0) is 6.54 Å². The molecule has 0 atom stereocenters. The van der Waals surface area contributed by atoms with Gasteiger partial charge in [-0.05, 0) is 25.8 Å². The Bertz CT molecular complexity index is 337. The second kappa shape index (κ2) is 4.57. The molecule has 2 N–H and O–H groups in total. The first-order chi connectivity index (χ1) is 7.31. The van der Waals surface area contributed by atoms with E-state index < -0.39 is 0 Å². The second-order valence-corrected chi connectivity index (χ2v) is 3.82. The van der Waals surface area contributed by atoms with Crippen LogP contribution in [0.2, 0.25) is 0 Å². The number of nitrogens with zero attached hydrogens (tertiary/aromatic N) is 1. The van der Waals surface area contributed by atoms with Crippen molar-refractivity contribution in [2.45, 2.75) is 32.4 Å². The van der Waals surface area contributed by atoms with Crippen LogP contribution in [-0.4, -0.2) is 17.6 Å². The zero-order chi connectivity index (χ0) is 10.7. The molecule has 1 aliphatic carbocycles. The van der Waals surface area contributed by atoms with Crippen molar-refractivity contribution in [3.63, 3.8) is 0 Å². The summed E-state index contributed by atoms with van der Waals surface area (Å²) in [4.78, 5) is 3.96. The standard InChI is InChI=1S/C11H16FN3/c1-2-13-11-10(12)8(5-6-14-11)7-15-9-3-4-9/h5-6,9,15H,2-4,7H2,1H3,(H,13,14).